The highest BCUT2D eigenvalue weighted by molar-refractivity contribution is 6.30. The van der Waals surface area contributed by atoms with Crippen LogP contribution in [-0.4, -0.2) is 24.2 Å². The van der Waals surface area contributed by atoms with Gasteiger partial charge in [-0.15, -0.1) is 0 Å². The summed E-state index contributed by atoms with van der Waals surface area (Å²) in [6, 6.07) is 16.4. The molecule has 0 aliphatic heterocycles. The van der Waals surface area contributed by atoms with Gasteiger partial charge in [-0.2, -0.15) is 0 Å². The molecule has 2 aromatic rings. The summed E-state index contributed by atoms with van der Waals surface area (Å²) in [6.45, 7) is 1.04. The highest BCUT2D eigenvalue weighted by Crippen LogP contribution is 2.18. The fourth-order valence-electron chi connectivity index (χ4n) is 2.06. The zero-order valence-electron chi connectivity index (χ0n) is 12.7. The molecule has 0 fully saturated rings. The van der Waals surface area contributed by atoms with Crippen molar-refractivity contribution >= 4 is 17.5 Å². The number of ether oxygens (including phenoxy) is 1. The van der Waals surface area contributed by atoms with E-state index in [1.165, 1.54) is 0 Å². The summed E-state index contributed by atoms with van der Waals surface area (Å²) in [5.74, 6) is 0.629. The molecule has 0 spiro atoms. The summed E-state index contributed by atoms with van der Waals surface area (Å²) < 4.78 is 5.54. The topological polar surface area (TPSA) is 58.6 Å². The first-order valence-corrected chi connectivity index (χ1v) is 7.91. The number of carbonyl (C=O) groups is 1. The normalized spacial score (nSPS) is 11.7. The van der Waals surface area contributed by atoms with Crippen molar-refractivity contribution in [2.75, 3.05) is 13.2 Å². The van der Waals surface area contributed by atoms with E-state index in [9.17, 15) is 9.90 Å². The van der Waals surface area contributed by atoms with Gasteiger partial charge in [-0.25, -0.2) is 0 Å². The minimum atomic E-state index is -0.826. The van der Waals surface area contributed by atoms with Gasteiger partial charge in [-0.3, -0.25) is 4.79 Å². The predicted molar refractivity (Wildman–Crippen MR) is 90.6 cm³/mol. The molecule has 5 heteroatoms. The maximum Gasteiger partial charge on any atom is 0.222 e. The summed E-state index contributed by atoms with van der Waals surface area (Å²) >= 11 is 5.79. The van der Waals surface area contributed by atoms with Crippen molar-refractivity contribution in [1.29, 1.82) is 0 Å². The second-order valence-electron chi connectivity index (χ2n) is 5.14. The van der Waals surface area contributed by atoms with Crippen molar-refractivity contribution in [3.05, 3.63) is 65.2 Å². The molecule has 0 aliphatic carbocycles. The number of nitrogens with one attached hydrogen (secondary N) is 1. The number of hydrogen-bond donors (Lipinski definition) is 2. The Morgan fingerprint density at radius 1 is 1.13 bits per heavy atom. The molecule has 1 amide bonds. The van der Waals surface area contributed by atoms with Crippen LogP contribution in [0.25, 0.3) is 0 Å². The third kappa shape index (κ3) is 6.30. The average Bonchev–Trinajstić information content (AvgIpc) is 2.56. The third-order valence-electron chi connectivity index (χ3n) is 3.29. The number of hydrogen-bond acceptors (Lipinski definition) is 3. The van der Waals surface area contributed by atoms with Gasteiger partial charge in [-0.1, -0.05) is 41.9 Å². The smallest absolute Gasteiger partial charge is 0.222 e. The van der Waals surface area contributed by atoms with Gasteiger partial charge in [0, 0.05) is 11.6 Å². The molecule has 0 aromatic heterocycles. The van der Waals surface area contributed by atoms with Crippen LogP contribution in [0.3, 0.4) is 0 Å². The maximum absolute atomic E-state index is 11.8. The molecule has 122 valence electrons. The van der Waals surface area contributed by atoms with E-state index in [2.05, 4.69) is 5.32 Å². The fourth-order valence-corrected chi connectivity index (χ4v) is 2.18. The van der Waals surface area contributed by atoms with E-state index in [4.69, 9.17) is 16.3 Å². The molecule has 0 aliphatic rings. The number of aliphatic hydroxyl groups excluding tert-OH is 1. The Morgan fingerprint density at radius 3 is 2.52 bits per heavy atom. The first-order chi connectivity index (χ1) is 11.1. The molecule has 2 N–H and O–H groups in total. The summed E-state index contributed by atoms with van der Waals surface area (Å²) in [5, 5.41) is 13.4. The van der Waals surface area contributed by atoms with Crippen LogP contribution in [0, 0.1) is 0 Å². The Balaban J connectivity index is 1.62. The second-order valence-corrected chi connectivity index (χ2v) is 5.57. The number of benzene rings is 2. The van der Waals surface area contributed by atoms with Gasteiger partial charge in [0.2, 0.25) is 5.91 Å². The molecule has 0 radical (unpaired) electrons. The van der Waals surface area contributed by atoms with Crippen molar-refractivity contribution in [2.45, 2.75) is 18.9 Å². The van der Waals surface area contributed by atoms with E-state index in [1.54, 1.807) is 24.3 Å². The summed E-state index contributed by atoms with van der Waals surface area (Å²) in [4.78, 5) is 11.8. The van der Waals surface area contributed by atoms with Gasteiger partial charge in [0.15, 0.2) is 0 Å². The molecule has 4 nitrogen and oxygen atoms in total. The highest BCUT2D eigenvalue weighted by Gasteiger charge is 2.12. The predicted octanol–water partition coefficient (Wildman–Crippen LogP) is 3.35. The summed E-state index contributed by atoms with van der Waals surface area (Å²) in [5.41, 5.74) is 0.678. The van der Waals surface area contributed by atoms with Gasteiger partial charge in [0.1, 0.15) is 5.75 Å². The Bertz CT molecular complexity index is 601. The number of amides is 1. The summed E-state index contributed by atoms with van der Waals surface area (Å²) in [7, 11) is 0. The van der Waals surface area contributed by atoms with Crippen LogP contribution in [-0.2, 0) is 4.79 Å². The van der Waals surface area contributed by atoms with Gasteiger partial charge in [-0.05, 0) is 36.2 Å². The molecule has 1 atom stereocenters. The lowest BCUT2D eigenvalue weighted by atomic mass is 10.1. The van der Waals surface area contributed by atoms with Crippen LogP contribution >= 0.6 is 11.6 Å². The quantitative estimate of drug-likeness (QED) is 0.728. The van der Waals surface area contributed by atoms with E-state index in [1.807, 2.05) is 30.3 Å². The lowest BCUT2D eigenvalue weighted by molar-refractivity contribution is -0.123. The number of aliphatic hydroxyl groups is 1. The third-order valence-corrected chi connectivity index (χ3v) is 3.54. The molecule has 0 heterocycles. The summed E-state index contributed by atoms with van der Waals surface area (Å²) in [6.07, 6.45) is -0.0911. The number of rotatable bonds is 8. The molecule has 0 saturated heterocycles. The van der Waals surface area contributed by atoms with E-state index in [0.29, 0.717) is 30.2 Å². The zero-order valence-corrected chi connectivity index (χ0v) is 13.5. The second kappa shape index (κ2) is 9.18. The highest BCUT2D eigenvalue weighted by atomic mass is 35.5. The largest absolute Gasteiger partial charge is 0.494 e. The molecule has 0 saturated carbocycles. The molecule has 2 aromatic carbocycles. The molecule has 0 bridgehead atoms. The fraction of sp³-hybridized carbons (Fsp3) is 0.278. The van der Waals surface area contributed by atoms with Gasteiger partial charge in [0.05, 0.1) is 19.1 Å². The van der Waals surface area contributed by atoms with Crippen LogP contribution in [0.4, 0.5) is 0 Å². The van der Waals surface area contributed by atoms with E-state index in [-0.39, 0.29) is 12.3 Å². The molecule has 23 heavy (non-hydrogen) atoms. The van der Waals surface area contributed by atoms with Crippen molar-refractivity contribution in [3.63, 3.8) is 0 Å². The lowest BCUT2D eigenvalue weighted by Crippen LogP contribution is -2.27. The Hall–Kier alpha value is -2.04. The van der Waals surface area contributed by atoms with Crippen molar-refractivity contribution in [3.8, 4) is 5.75 Å². The molecular formula is C18H20ClNO3. The standard InChI is InChI=1S/C18H20ClNO3/c19-15-9-7-14(8-10-15)17(21)13-18(22)20-11-4-12-23-16-5-2-1-3-6-16/h1-3,5-10,17,21H,4,11-13H2,(H,20,22). The van der Waals surface area contributed by atoms with Crippen molar-refractivity contribution in [2.24, 2.45) is 0 Å². The zero-order chi connectivity index (χ0) is 16.5. The van der Waals surface area contributed by atoms with E-state index >= 15 is 0 Å². The minimum absolute atomic E-state index is 0.0289. The van der Waals surface area contributed by atoms with E-state index < -0.39 is 6.10 Å². The first-order valence-electron chi connectivity index (χ1n) is 7.53. The van der Waals surface area contributed by atoms with Crippen molar-refractivity contribution in [1.82, 2.24) is 5.32 Å². The number of halogens is 1. The number of carbonyl (C=O) groups excluding carboxylic acids is 1. The SMILES string of the molecule is O=C(CC(O)c1ccc(Cl)cc1)NCCCOc1ccccc1. The number of para-hydroxylation sites is 1. The average molecular weight is 334 g/mol. The Morgan fingerprint density at radius 2 is 1.83 bits per heavy atom. The molecular weight excluding hydrogens is 314 g/mol. The lowest BCUT2D eigenvalue weighted by Gasteiger charge is -2.11. The van der Waals surface area contributed by atoms with Gasteiger partial charge < -0.3 is 15.2 Å². The van der Waals surface area contributed by atoms with Crippen LogP contribution in [0.15, 0.2) is 54.6 Å². The maximum atomic E-state index is 11.8. The van der Waals surface area contributed by atoms with Crippen LogP contribution in [0.5, 0.6) is 5.75 Å². The van der Waals surface area contributed by atoms with Crippen LogP contribution < -0.4 is 10.1 Å². The van der Waals surface area contributed by atoms with Gasteiger partial charge in [0.25, 0.3) is 0 Å². The molecule has 1 unspecified atom stereocenters. The van der Waals surface area contributed by atoms with Crippen molar-refractivity contribution < 1.29 is 14.6 Å². The monoisotopic (exact) mass is 333 g/mol. The van der Waals surface area contributed by atoms with Gasteiger partial charge >= 0.3 is 0 Å². The van der Waals surface area contributed by atoms with Crippen LogP contribution in [0.1, 0.15) is 24.5 Å². The first kappa shape index (κ1) is 17.3. The Kier molecular flexibility index (Phi) is 6.91. The van der Waals surface area contributed by atoms with Crippen LogP contribution in [0.2, 0.25) is 5.02 Å². The molecule has 2 rings (SSSR count). The van der Waals surface area contributed by atoms with E-state index in [0.717, 1.165) is 5.75 Å². The minimum Gasteiger partial charge on any atom is -0.494 e. The Labute approximate surface area is 141 Å².